The summed E-state index contributed by atoms with van der Waals surface area (Å²) in [7, 11) is 0. The van der Waals surface area contributed by atoms with Crippen LogP contribution in [0.5, 0.6) is 0 Å². The molecule has 1 aromatic heterocycles. The zero-order valence-electron chi connectivity index (χ0n) is 11.1. The van der Waals surface area contributed by atoms with Gasteiger partial charge in [0, 0.05) is 17.1 Å². The molecule has 2 aromatic rings. The number of aromatic nitrogens is 1. The molecular formula is C15H17ClN2S. The van der Waals surface area contributed by atoms with E-state index in [-0.39, 0.29) is 6.04 Å². The number of halogens is 1. The number of nitrogens with zero attached hydrogens (tertiary/aromatic N) is 1. The molecule has 0 spiro atoms. The third kappa shape index (κ3) is 3.96. The summed E-state index contributed by atoms with van der Waals surface area (Å²) in [4.78, 5) is 5.43. The number of hydrogen-bond donors (Lipinski definition) is 1. The van der Waals surface area contributed by atoms with Crippen LogP contribution in [0.2, 0.25) is 5.02 Å². The normalized spacial score (nSPS) is 12.4. The molecule has 100 valence electrons. The molecule has 4 heteroatoms. The summed E-state index contributed by atoms with van der Waals surface area (Å²) < 4.78 is 0. The average molecular weight is 293 g/mol. The number of rotatable bonds is 4. The molecular weight excluding hydrogens is 276 g/mol. The van der Waals surface area contributed by atoms with Gasteiger partial charge in [-0.25, -0.2) is 4.98 Å². The molecule has 0 amide bonds. The van der Waals surface area contributed by atoms with Crippen LogP contribution < -0.4 is 5.73 Å². The molecule has 0 saturated heterocycles. The fourth-order valence-corrected chi connectivity index (χ4v) is 2.98. The summed E-state index contributed by atoms with van der Waals surface area (Å²) >= 11 is 7.70. The van der Waals surface area contributed by atoms with Crippen LogP contribution in [0, 0.1) is 6.92 Å². The van der Waals surface area contributed by atoms with Crippen LogP contribution in [0.4, 0.5) is 0 Å². The topological polar surface area (TPSA) is 38.9 Å². The molecule has 0 aliphatic rings. The predicted molar refractivity (Wildman–Crippen MR) is 81.9 cm³/mol. The Labute approximate surface area is 123 Å². The molecule has 0 aliphatic heterocycles. The number of pyridine rings is 1. The Morgan fingerprint density at radius 1 is 1.37 bits per heavy atom. The standard InChI is InChI=1S/C15H17ClN2S/c1-10-8-13(6-5-12(10)9-11(2)17)19-15-14(16)4-3-7-18-15/h3-8,11H,9,17H2,1-2H3. The highest BCUT2D eigenvalue weighted by Crippen LogP contribution is 2.32. The first-order valence-corrected chi connectivity index (χ1v) is 7.39. The van der Waals surface area contributed by atoms with Gasteiger partial charge in [-0.05, 0) is 55.7 Å². The average Bonchev–Trinajstić information content (AvgIpc) is 2.35. The van der Waals surface area contributed by atoms with Gasteiger partial charge < -0.3 is 5.73 Å². The summed E-state index contributed by atoms with van der Waals surface area (Å²) in [5.41, 5.74) is 8.40. The summed E-state index contributed by atoms with van der Waals surface area (Å²) in [6, 6.07) is 10.3. The molecule has 0 radical (unpaired) electrons. The van der Waals surface area contributed by atoms with Crippen molar-refractivity contribution in [2.45, 2.75) is 36.2 Å². The summed E-state index contributed by atoms with van der Waals surface area (Å²) in [5, 5.41) is 1.52. The lowest BCUT2D eigenvalue weighted by atomic mass is 10.0. The first-order valence-electron chi connectivity index (χ1n) is 6.19. The molecule has 1 unspecified atom stereocenters. The lowest BCUT2D eigenvalue weighted by Crippen LogP contribution is -2.18. The maximum Gasteiger partial charge on any atom is 0.119 e. The van der Waals surface area contributed by atoms with E-state index < -0.39 is 0 Å². The smallest absolute Gasteiger partial charge is 0.119 e. The first-order chi connectivity index (χ1) is 9.06. The molecule has 2 rings (SSSR count). The summed E-state index contributed by atoms with van der Waals surface area (Å²) in [6.07, 6.45) is 2.66. The molecule has 1 heterocycles. The first kappa shape index (κ1) is 14.4. The fourth-order valence-electron chi connectivity index (χ4n) is 1.87. The van der Waals surface area contributed by atoms with E-state index >= 15 is 0 Å². The van der Waals surface area contributed by atoms with Crippen LogP contribution >= 0.6 is 23.4 Å². The van der Waals surface area contributed by atoms with E-state index in [4.69, 9.17) is 17.3 Å². The van der Waals surface area contributed by atoms with Crippen LogP contribution in [-0.4, -0.2) is 11.0 Å². The van der Waals surface area contributed by atoms with Gasteiger partial charge in [0.2, 0.25) is 0 Å². The Bertz CT molecular complexity index is 570. The van der Waals surface area contributed by atoms with Crippen molar-refractivity contribution in [3.05, 3.63) is 52.7 Å². The minimum absolute atomic E-state index is 0.183. The molecule has 0 saturated carbocycles. The van der Waals surface area contributed by atoms with E-state index in [0.717, 1.165) is 16.3 Å². The minimum Gasteiger partial charge on any atom is -0.328 e. The van der Waals surface area contributed by atoms with Gasteiger partial charge in [-0.2, -0.15) is 0 Å². The number of aryl methyl sites for hydroxylation is 1. The Morgan fingerprint density at radius 3 is 2.79 bits per heavy atom. The van der Waals surface area contributed by atoms with E-state index in [1.54, 1.807) is 18.0 Å². The highest BCUT2D eigenvalue weighted by atomic mass is 35.5. The maximum atomic E-state index is 6.11. The Hall–Kier alpha value is -1.03. The Balaban J connectivity index is 2.19. The Kier molecular flexibility index (Phi) is 4.86. The van der Waals surface area contributed by atoms with Crippen molar-refractivity contribution in [3.8, 4) is 0 Å². The quantitative estimate of drug-likeness (QED) is 0.923. The van der Waals surface area contributed by atoms with Gasteiger partial charge >= 0.3 is 0 Å². The second-order valence-electron chi connectivity index (χ2n) is 4.66. The van der Waals surface area contributed by atoms with Crippen molar-refractivity contribution < 1.29 is 0 Å². The van der Waals surface area contributed by atoms with Crippen molar-refractivity contribution in [1.82, 2.24) is 4.98 Å². The van der Waals surface area contributed by atoms with Crippen molar-refractivity contribution in [2.24, 2.45) is 5.73 Å². The molecule has 2 N–H and O–H groups in total. The van der Waals surface area contributed by atoms with Gasteiger partial charge in [0.25, 0.3) is 0 Å². The van der Waals surface area contributed by atoms with E-state index in [0.29, 0.717) is 5.02 Å². The number of nitrogens with two attached hydrogens (primary N) is 1. The summed E-state index contributed by atoms with van der Waals surface area (Å²) in [5.74, 6) is 0. The third-order valence-corrected chi connectivity index (χ3v) is 4.22. The maximum absolute atomic E-state index is 6.11. The van der Waals surface area contributed by atoms with Gasteiger partial charge in [0.15, 0.2) is 0 Å². The fraction of sp³-hybridized carbons (Fsp3) is 0.267. The van der Waals surface area contributed by atoms with Gasteiger partial charge in [0.1, 0.15) is 5.03 Å². The Morgan fingerprint density at radius 2 is 2.16 bits per heavy atom. The van der Waals surface area contributed by atoms with Gasteiger partial charge in [-0.3, -0.25) is 0 Å². The molecule has 19 heavy (non-hydrogen) atoms. The highest BCUT2D eigenvalue weighted by Gasteiger charge is 2.06. The molecule has 2 nitrogen and oxygen atoms in total. The van der Waals surface area contributed by atoms with Gasteiger partial charge in [-0.1, -0.05) is 29.4 Å². The van der Waals surface area contributed by atoms with Gasteiger partial charge in [-0.15, -0.1) is 0 Å². The second-order valence-corrected chi connectivity index (χ2v) is 6.13. The SMILES string of the molecule is Cc1cc(Sc2ncccc2Cl)ccc1CC(C)N. The van der Waals surface area contributed by atoms with E-state index in [9.17, 15) is 0 Å². The minimum atomic E-state index is 0.183. The van der Waals surface area contributed by atoms with Gasteiger partial charge in [0.05, 0.1) is 5.02 Å². The van der Waals surface area contributed by atoms with Crippen LogP contribution in [0.3, 0.4) is 0 Å². The van der Waals surface area contributed by atoms with E-state index in [2.05, 4.69) is 30.1 Å². The zero-order chi connectivity index (χ0) is 13.8. The zero-order valence-corrected chi connectivity index (χ0v) is 12.6. The number of hydrogen-bond acceptors (Lipinski definition) is 3. The predicted octanol–water partition coefficient (Wildman–Crippen LogP) is 4.08. The van der Waals surface area contributed by atoms with Crippen molar-refractivity contribution in [2.75, 3.05) is 0 Å². The molecule has 0 aliphatic carbocycles. The van der Waals surface area contributed by atoms with E-state index in [1.807, 2.05) is 19.1 Å². The third-order valence-electron chi connectivity index (χ3n) is 2.80. The summed E-state index contributed by atoms with van der Waals surface area (Å²) in [6.45, 7) is 4.14. The largest absolute Gasteiger partial charge is 0.328 e. The van der Waals surface area contributed by atoms with Crippen molar-refractivity contribution >= 4 is 23.4 Å². The van der Waals surface area contributed by atoms with E-state index in [1.165, 1.54) is 11.1 Å². The number of benzene rings is 1. The molecule has 0 fully saturated rings. The molecule has 1 atom stereocenters. The lowest BCUT2D eigenvalue weighted by molar-refractivity contribution is 0.734. The van der Waals surface area contributed by atoms with Crippen LogP contribution in [0.25, 0.3) is 0 Å². The highest BCUT2D eigenvalue weighted by molar-refractivity contribution is 7.99. The lowest BCUT2D eigenvalue weighted by Gasteiger charge is -2.10. The van der Waals surface area contributed by atoms with Crippen LogP contribution in [-0.2, 0) is 6.42 Å². The van der Waals surface area contributed by atoms with Crippen molar-refractivity contribution in [3.63, 3.8) is 0 Å². The molecule has 1 aromatic carbocycles. The second kappa shape index (κ2) is 6.42. The molecule has 0 bridgehead atoms. The van der Waals surface area contributed by atoms with Crippen LogP contribution in [0.15, 0.2) is 46.5 Å². The van der Waals surface area contributed by atoms with Crippen molar-refractivity contribution in [1.29, 1.82) is 0 Å². The monoisotopic (exact) mass is 292 g/mol. The van der Waals surface area contributed by atoms with Crippen LogP contribution in [0.1, 0.15) is 18.1 Å².